The summed E-state index contributed by atoms with van der Waals surface area (Å²) in [6, 6.07) is 1.47. The third-order valence-corrected chi connectivity index (χ3v) is 1.82. The Labute approximate surface area is 83.7 Å². The van der Waals surface area contributed by atoms with Gasteiger partial charge < -0.3 is 4.52 Å². The number of alkyl halides is 1. The molecule has 0 spiro atoms. The van der Waals surface area contributed by atoms with E-state index in [2.05, 4.69) is 15.1 Å². The summed E-state index contributed by atoms with van der Waals surface area (Å²) in [4.78, 5) is 7.49. The Hall–Kier alpha value is -1.49. The summed E-state index contributed by atoms with van der Waals surface area (Å²) in [6.45, 7) is 0. The molecule has 0 aliphatic carbocycles. The second-order valence-corrected chi connectivity index (χ2v) is 2.77. The molecule has 0 radical (unpaired) electrons. The van der Waals surface area contributed by atoms with E-state index in [1.165, 1.54) is 12.3 Å². The zero-order valence-corrected chi connectivity index (χ0v) is 7.70. The monoisotopic (exact) mass is 213 g/mol. The van der Waals surface area contributed by atoms with E-state index in [0.29, 0.717) is 0 Å². The van der Waals surface area contributed by atoms with E-state index in [-0.39, 0.29) is 23.2 Å². The molecule has 2 heterocycles. The molecule has 0 bridgehead atoms. The molecular weight excluding hydrogens is 209 g/mol. The van der Waals surface area contributed by atoms with Gasteiger partial charge in [-0.3, -0.25) is 4.98 Å². The number of hydrogen-bond acceptors (Lipinski definition) is 4. The van der Waals surface area contributed by atoms with Crippen LogP contribution in [0, 0.1) is 5.82 Å². The maximum atomic E-state index is 13.2. The van der Waals surface area contributed by atoms with Crippen LogP contribution in [0.4, 0.5) is 4.39 Å². The molecule has 2 rings (SSSR count). The van der Waals surface area contributed by atoms with Crippen LogP contribution < -0.4 is 0 Å². The number of nitrogens with zero attached hydrogens (tertiary/aromatic N) is 3. The van der Waals surface area contributed by atoms with Crippen LogP contribution in [0.25, 0.3) is 11.4 Å². The zero-order chi connectivity index (χ0) is 9.97. The fourth-order valence-corrected chi connectivity index (χ4v) is 1.08. The Morgan fingerprint density at radius 3 is 3.00 bits per heavy atom. The Kier molecular flexibility index (Phi) is 2.41. The summed E-state index contributed by atoms with van der Waals surface area (Å²) < 4.78 is 17.9. The molecule has 0 atom stereocenters. The molecule has 0 unspecified atom stereocenters. The van der Waals surface area contributed by atoms with Gasteiger partial charge in [0.2, 0.25) is 11.7 Å². The molecule has 0 aromatic carbocycles. The van der Waals surface area contributed by atoms with Gasteiger partial charge in [0, 0.05) is 6.20 Å². The maximum Gasteiger partial charge on any atom is 0.241 e. The first-order valence-corrected chi connectivity index (χ1v) is 4.33. The van der Waals surface area contributed by atoms with Gasteiger partial charge in [-0.05, 0) is 6.07 Å². The fraction of sp³-hybridized carbons (Fsp3) is 0.125. The Morgan fingerprint density at radius 1 is 1.50 bits per heavy atom. The lowest BCUT2D eigenvalue weighted by atomic mass is 10.2. The van der Waals surface area contributed by atoms with E-state index >= 15 is 0 Å². The highest BCUT2D eigenvalue weighted by Gasteiger charge is 2.11. The first-order valence-electron chi connectivity index (χ1n) is 3.79. The zero-order valence-electron chi connectivity index (χ0n) is 6.94. The number of hydrogen-bond donors (Lipinski definition) is 0. The molecule has 14 heavy (non-hydrogen) atoms. The van der Waals surface area contributed by atoms with Crippen molar-refractivity contribution >= 4 is 11.6 Å². The smallest absolute Gasteiger partial charge is 0.241 e. The van der Waals surface area contributed by atoms with Gasteiger partial charge in [-0.1, -0.05) is 5.16 Å². The molecule has 72 valence electrons. The van der Waals surface area contributed by atoms with E-state index < -0.39 is 5.82 Å². The summed E-state index contributed by atoms with van der Waals surface area (Å²) in [5.74, 6) is 0.0625. The minimum absolute atomic E-state index is 0.111. The van der Waals surface area contributed by atoms with Crippen LogP contribution in [-0.4, -0.2) is 15.1 Å². The highest BCUT2D eigenvalue weighted by atomic mass is 35.5. The van der Waals surface area contributed by atoms with Gasteiger partial charge in [-0.15, -0.1) is 11.6 Å². The highest BCUT2D eigenvalue weighted by molar-refractivity contribution is 6.16. The van der Waals surface area contributed by atoms with Crippen molar-refractivity contribution in [3.8, 4) is 11.4 Å². The number of rotatable bonds is 2. The third-order valence-electron chi connectivity index (χ3n) is 1.60. The predicted octanol–water partition coefficient (Wildman–Crippen LogP) is 2.01. The fourth-order valence-electron chi connectivity index (χ4n) is 0.975. The highest BCUT2D eigenvalue weighted by Crippen LogP contribution is 2.18. The standard InChI is InChI=1S/C8H5ClFN3O/c9-3-7-12-8(13-14-7)5-1-2-11-4-6(5)10/h1-2,4H,3H2. The molecule has 0 saturated carbocycles. The van der Waals surface area contributed by atoms with E-state index in [0.717, 1.165) is 6.20 Å². The summed E-state index contributed by atoms with van der Waals surface area (Å²) in [5, 5.41) is 3.58. The molecule has 0 fully saturated rings. The van der Waals surface area contributed by atoms with Gasteiger partial charge in [-0.25, -0.2) is 4.39 Å². The minimum Gasteiger partial charge on any atom is -0.338 e. The van der Waals surface area contributed by atoms with Gasteiger partial charge in [0.25, 0.3) is 0 Å². The average Bonchev–Trinajstić information content (AvgIpc) is 2.67. The molecule has 2 aromatic rings. The minimum atomic E-state index is -0.491. The lowest BCUT2D eigenvalue weighted by molar-refractivity contribution is 0.390. The van der Waals surface area contributed by atoms with Gasteiger partial charge in [0.15, 0.2) is 5.82 Å². The van der Waals surface area contributed by atoms with Crippen LogP contribution in [0.1, 0.15) is 5.89 Å². The van der Waals surface area contributed by atoms with Crippen LogP contribution in [0.5, 0.6) is 0 Å². The molecule has 0 amide bonds. The Morgan fingerprint density at radius 2 is 2.36 bits per heavy atom. The van der Waals surface area contributed by atoms with Crippen molar-refractivity contribution in [2.75, 3.05) is 0 Å². The third kappa shape index (κ3) is 1.58. The second-order valence-electron chi connectivity index (χ2n) is 2.50. The van der Waals surface area contributed by atoms with E-state index in [4.69, 9.17) is 16.1 Å². The number of pyridine rings is 1. The van der Waals surface area contributed by atoms with Crippen LogP contribution >= 0.6 is 11.6 Å². The first-order chi connectivity index (χ1) is 6.81. The largest absolute Gasteiger partial charge is 0.338 e. The van der Waals surface area contributed by atoms with Gasteiger partial charge in [-0.2, -0.15) is 4.98 Å². The van der Waals surface area contributed by atoms with Crippen molar-refractivity contribution in [1.82, 2.24) is 15.1 Å². The van der Waals surface area contributed by atoms with Crippen LogP contribution in [0.3, 0.4) is 0 Å². The summed E-state index contributed by atoms with van der Waals surface area (Å²) >= 11 is 5.47. The SMILES string of the molecule is Fc1cnccc1-c1noc(CCl)n1. The summed E-state index contributed by atoms with van der Waals surface area (Å²) in [5.41, 5.74) is 0.250. The van der Waals surface area contributed by atoms with Crippen molar-refractivity contribution in [2.24, 2.45) is 0 Å². The van der Waals surface area contributed by atoms with Gasteiger partial charge in [0.1, 0.15) is 5.88 Å². The Balaban J connectivity index is 2.44. The van der Waals surface area contributed by atoms with Crippen molar-refractivity contribution in [3.05, 3.63) is 30.2 Å². The van der Waals surface area contributed by atoms with E-state index in [9.17, 15) is 4.39 Å². The van der Waals surface area contributed by atoms with Crippen LogP contribution in [0.2, 0.25) is 0 Å². The van der Waals surface area contributed by atoms with Crippen molar-refractivity contribution in [1.29, 1.82) is 0 Å². The predicted molar refractivity (Wildman–Crippen MR) is 47.0 cm³/mol. The lowest BCUT2D eigenvalue weighted by Crippen LogP contribution is -1.87. The van der Waals surface area contributed by atoms with Crippen molar-refractivity contribution in [2.45, 2.75) is 5.88 Å². The van der Waals surface area contributed by atoms with E-state index in [1.54, 1.807) is 0 Å². The van der Waals surface area contributed by atoms with Crippen LogP contribution in [0.15, 0.2) is 23.0 Å². The normalized spacial score (nSPS) is 10.4. The average molecular weight is 214 g/mol. The quantitative estimate of drug-likeness (QED) is 0.716. The van der Waals surface area contributed by atoms with E-state index in [1.807, 2.05) is 0 Å². The topological polar surface area (TPSA) is 51.8 Å². The molecule has 6 heteroatoms. The van der Waals surface area contributed by atoms with Crippen LogP contribution in [-0.2, 0) is 5.88 Å². The molecule has 0 aliphatic heterocycles. The molecule has 0 N–H and O–H groups in total. The molecule has 0 aliphatic rings. The lowest BCUT2D eigenvalue weighted by Gasteiger charge is -1.93. The van der Waals surface area contributed by atoms with Gasteiger partial charge >= 0.3 is 0 Å². The van der Waals surface area contributed by atoms with Gasteiger partial charge in [0.05, 0.1) is 11.8 Å². The molecular formula is C8H5ClFN3O. The summed E-state index contributed by atoms with van der Waals surface area (Å²) in [7, 11) is 0. The second kappa shape index (κ2) is 3.71. The van der Waals surface area contributed by atoms with Crippen molar-refractivity contribution < 1.29 is 8.91 Å². The summed E-state index contributed by atoms with van der Waals surface area (Å²) in [6.07, 6.45) is 2.54. The number of aromatic nitrogens is 3. The van der Waals surface area contributed by atoms with Crippen molar-refractivity contribution in [3.63, 3.8) is 0 Å². The molecule has 0 saturated heterocycles. The molecule has 2 aromatic heterocycles. The Bertz CT molecular complexity index is 446. The maximum absolute atomic E-state index is 13.2. The first kappa shape index (κ1) is 9.08. The molecule has 4 nitrogen and oxygen atoms in total. The number of halogens is 2.